The summed E-state index contributed by atoms with van der Waals surface area (Å²) in [7, 11) is 0. The number of fused-ring (bicyclic) bond motifs is 3. The van der Waals surface area contributed by atoms with Crippen molar-refractivity contribution in [1.29, 1.82) is 0 Å². The summed E-state index contributed by atoms with van der Waals surface area (Å²) in [5.41, 5.74) is 15.9. The fraction of sp³-hybridized carbons (Fsp3) is 0. The van der Waals surface area contributed by atoms with Gasteiger partial charge in [-0.1, -0.05) is 194 Å². The molecule has 4 nitrogen and oxygen atoms in total. The van der Waals surface area contributed by atoms with Gasteiger partial charge in [-0.05, 0) is 86.0 Å². The van der Waals surface area contributed by atoms with Gasteiger partial charge in [-0.15, -0.1) is 0 Å². The summed E-state index contributed by atoms with van der Waals surface area (Å²) in [6.45, 7) is 0. The van der Waals surface area contributed by atoms with Crippen LogP contribution in [0.4, 0.5) is 0 Å². The highest BCUT2D eigenvalue weighted by atomic mass is 16.3. The zero-order chi connectivity index (χ0) is 40.5. The number of hydrogen-bond acceptors (Lipinski definition) is 4. The normalized spacial score (nSPS) is 11.3. The topological polar surface area (TPSA) is 51.8 Å². The Hall–Kier alpha value is -8.21. The van der Waals surface area contributed by atoms with Crippen LogP contribution in [0.25, 0.3) is 112 Å². The van der Waals surface area contributed by atoms with Crippen molar-refractivity contribution in [3.63, 3.8) is 0 Å². The summed E-state index contributed by atoms with van der Waals surface area (Å²) in [6.07, 6.45) is 0. The lowest BCUT2D eigenvalue weighted by atomic mass is 9.96. The van der Waals surface area contributed by atoms with Crippen LogP contribution >= 0.6 is 0 Å². The fourth-order valence-corrected chi connectivity index (χ4v) is 8.22. The number of rotatable bonds is 8. The first-order valence-electron chi connectivity index (χ1n) is 20.5. The van der Waals surface area contributed by atoms with Crippen LogP contribution in [0.1, 0.15) is 0 Å². The first kappa shape index (κ1) is 35.9. The number of benzene rings is 9. The second kappa shape index (κ2) is 15.5. The molecule has 0 aliphatic rings. The van der Waals surface area contributed by atoms with E-state index in [9.17, 15) is 0 Å². The number of para-hydroxylation sites is 1. The molecule has 0 saturated heterocycles. The van der Waals surface area contributed by atoms with Crippen molar-refractivity contribution in [2.75, 3.05) is 0 Å². The molecule has 11 aromatic rings. The maximum atomic E-state index is 6.19. The molecule has 0 N–H and O–H groups in total. The lowest BCUT2D eigenvalue weighted by Crippen LogP contribution is -2.01. The van der Waals surface area contributed by atoms with Crippen LogP contribution in [0.5, 0.6) is 0 Å². The average molecular weight is 780 g/mol. The molecule has 0 atom stereocenters. The summed E-state index contributed by atoms with van der Waals surface area (Å²) < 4.78 is 6.19. The molecule has 2 aromatic heterocycles. The van der Waals surface area contributed by atoms with E-state index < -0.39 is 0 Å². The molecule has 0 saturated carbocycles. The molecule has 2 heterocycles. The molecule has 0 spiro atoms. The fourth-order valence-electron chi connectivity index (χ4n) is 8.22. The lowest BCUT2D eigenvalue weighted by molar-refractivity contribution is 0.669. The Morgan fingerprint density at radius 3 is 1.33 bits per heavy atom. The number of furan rings is 1. The smallest absolute Gasteiger partial charge is 0.164 e. The van der Waals surface area contributed by atoms with E-state index in [0.717, 1.165) is 94.3 Å². The minimum atomic E-state index is 0.620. The van der Waals surface area contributed by atoms with E-state index in [-0.39, 0.29) is 0 Å². The van der Waals surface area contributed by atoms with E-state index in [4.69, 9.17) is 19.4 Å². The zero-order valence-corrected chi connectivity index (χ0v) is 33.1. The highest BCUT2D eigenvalue weighted by molar-refractivity contribution is 6.06. The number of aromatic nitrogens is 3. The minimum Gasteiger partial charge on any atom is -0.456 e. The Labute approximate surface area is 354 Å². The molecule has 0 aliphatic heterocycles. The highest BCUT2D eigenvalue weighted by Gasteiger charge is 2.17. The molecule has 61 heavy (non-hydrogen) atoms. The van der Waals surface area contributed by atoms with Crippen molar-refractivity contribution in [2.45, 2.75) is 0 Å². The molecule has 9 aromatic carbocycles. The largest absolute Gasteiger partial charge is 0.456 e. The SMILES string of the molecule is c1ccc(-c2cccc(-c3nc(-c4ccc(-c5ccc(-c6cccc(-c7ccc8c(c7)oc7ccccc78)c6)cc5)cc4)nc(-c4ccccc4-c4ccccc4)n3)c2)cc1. The third-order valence-corrected chi connectivity index (χ3v) is 11.4. The van der Waals surface area contributed by atoms with Gasteiger partial charge in [0.15, 0.2) is 17.5 Å². The molecule has 286 valence electrons. The van der Waals surface area contributed by atoms with Gasteiger partial charge < -0.3 is 4.42 Å². The van der Waals surface area contributed by atoms with E-state index in [1.165, 1.54) is 0 Å². The average Bonchev–Trinajstić information content (AvgIpc) is 3.73. The van der Waals surface area contributed by atoms with Crippen molar-refractivity contribution in [1.82, 2.24) is 15.0 Å². The predicted molar refractivity (Wildman–Crippen MR) is 251 cm³/mol. The van der Waals surface area contributed by atoms with Gasteiger partial charge >= 0.3 is 0 Å². The molecule has 0 unspecified atom stereocenters. The van der Waals surface area contributed by atoms with Crippen LogP contribution in [0.2, 0.25) is 0 Å². The van der Waals surface area contributed by atoms with Crippen LogP contribution in [0.15, 0.2) is 229 Å². The van der Waals surface area contributed by atoms with Crippen LogP contribution in [0.3, 0.4) is 0 Å². The standard InChI is InChI=1S/C57H37N3O/c1-3-13-38(14-4-1)45-18-12-20-48(36-45)56-58-55(59-57(60-56)52-23-8-7-21-49(52)42-15-5-2-6-16-42)43-31-29-40(30-32-43)39-25-27-41(28-26-39)44-17-11-19-46(35-44)47-33-34-51-50-22-9-10-24-53(50)61-54(51)37-47/h1-37H. The second-order valence-corrected chi connectivity index (χ2v) is 15.2. The van der Waals surface area contributed by atoms with Gasteiger partial charge in [0, 0.05) is 27.5 Å². The summed E-state index contributed by atoms with van der Waals surface area (Å²) in [4.78, 5) is 15.4. The summed E-state index contributed by atoms with van der Waals surface area (Å²) in [6, 6.07) is 78.2. The van der Waals surface area contributed by atoms with Crippen LogP contribution < -0.4 is 0 Å². The van der Waals surface area contributed by atoms with Gasteiger partial charge in [0.05, 0.1) is 0 Å². The molecule has 0 fully saturated rings. The van der Waals surface area contributed by atoms with Gasteiger partial charge in [-0.25, -0.2) is 15.0 Å². The number of nitrogens with zero attached hydrogens (tertiary/aromatic N) is 3. The minimum absolute atomic E-state index is 0.620. The third kappa shape index (κ3) is 7.07. The molecule has 0 amide bonds. The quantitative estimate of drug-likeness (QED) is 0.154. The molecular weight excluding hydrogens is 743 g/mol. The molecule has 0 bridgehead atoms. The maximum Gasteiger partial charge on any atom is 0.164 e. The van der Waals surface area contributed by atoms with Crippen LogP contribution in [-0.2, 0) is 0 Å². The second-order valence-electron chi connectivity index (χ2n) is 15.2. The van der Waals surface area contributed by atoms with E-state index in [1.54, 1.807) is 0 Å². The summed E-state index contributed by atoms with van der Waals surface area (Å²) in [5, 5.41) is 2.28. The van der Waals surface area contributed by atoms with Crippen molar-refractivity contribution >= 4 is 21.9 Å². The monoisotopic (exact) mass is 779 g/mol. The van der Waals surface area contributed by atoms with Crippen molar-refractivity contribution in [3.8, 4) is 89.8 Å². The van der Waals surface area contributed by atoms with Gasteiger partial charge in [0.2, 0.25) is 0 Å². The number of hydrogen-bond donors (Lipinski definition) is 0. The van der Waals surface area contributed by atoms with Crippen LogP contribution in [-0.4, -0.2) is 15.0 Å². The Kier molecular flexibility index (Phi) is 9.14. The van der Waals surface area contributed by atoms with E-state index in [2.05, 4.69) is 194 Å². The first-order valence-corrected chi connectivity index (χ1v) is 20.5. The van der Waals surface area contributed by atoms with E-state index >= 15 is 0 Å². The Morgan fingerprint density at radius 1 is 0.230 bits per heavy atom. The Bertz CT molecular complexity index is 3340. The van der Waals surface area contributed by atoms with Gasteiger partial charge in [-0.2, -0.15) is 0 Å². The summed E-state index contributed by atoms with van der Waals surface area (Å²) in [5.74, 6) is 1.87. The Morgan fingerprint density at radius 2 is 0.639 bits per heavy atom. The predicted octanol–water partition coefficient (Wildman–Crippen LogP) is 15.1. The Balaban J connectivity index is 0.911. The van der Waals surface area contributed by atoms with Gasteiger partial charge in [0.1, 0.15) is 11.2 Å². The molecule has 0 radical (unpaired) electrons. The van der Waals surface area contributed by atoms with Crippen molar-refractivity contribution in [3.05, 3.63) is 224 Å². The lowest BCUT2D eigenvalue weighted by Gasteiger charge is -2.13. The maximum absolute atomic E-state index is 6.19. The van der Waals surface area contributed by atoms with Crippen molar-refractivity contribution < 1.29 is 4.42 Å². The van der Waals surface area contributed by atoms with Crippen molar-refractivity contribution in [2.24, 2.45) is 0 Å². The van der Waals surface area contributed by atoms with E-state index in [1.807, 2.05) is 30.3 Å². The first-order chi connectivity index (χ1) is 30.2. The van der Waals surface area contributed by atoms with E-state index in [0.29, 0.717) is 17.5 Å². The molecular formula is C57H37N3O. The molecule has 0 aliphatic carbocycles. The van der Waals surface area contributed by atoms with Gasteiger partial charge in [-0.3, -0.25) is 0 Å². The third-order valence-electron chi connectivity index (χ3n) is 11.4. The molecule has 11 rings (SSSR count). The van der Waals surface area contributed by atoms with Gasteiger partial charge in [0.25, 0.3) is 0 Å². The zero-order valence-electron chi connectivity index (χ0n) is 33.1. The highest BCUT2D eigenvalue weighted by Crippen LogP contribution is 2.36. The molecule has 4 heteroatoms. The van der Waals surface area contributed by atoms with Crippen LogP contribution in [0, 0.1) is 0 Å². The summed E-state index contributed by atoms with van der Waals surface area (Å²) >= 11 is 0.